The average Bonchev–Trinajstić information content (AvgIpc) is 2.60. The number of hydrogen-bond donors (Lipinski definition) is 2. The summed E-state index contributed by atoms with van der Waals surface area (Å²) < 4.78 is 13.0. The summed E-state index contributed by atoms with van der Waals surface area (Å²) in [4.78, 5) is 3.10. The Morgan fingerprint density at radius 3 is 2.94 bits per heavy atom. The van der Waals surface area contributed by atoms with Gasteiger partial charge in [0.25, 0.3) is 0 Å². The highest BCUT2D eigenvalue weighted by molar-refractivity contribution is 5.83. The maximum absolute atomic E-state index is 13.0. The molecule has 0 radical (unpaired) electrons. The zero-order valence-electron chi connectivity index (χ0n) is 9.68. The van der Waals surface area contributed by atoms with Crippen LogP contribution >= 0.6 is 0 Å². The van der Waals surface area contributed by atoms with Gasteiger partial charge in [0, 0.05) is 23.1 Å². The van der Waals surface area contributed by atoms with E-state index in [1.165, 1.54) is 17.7 Å². The Morgan fingerprint density at radius 1 is 1.38 bits per heavy atom. The smallest absolute Gasteiger partial charge is 0.125 e. The third-order valence-electron chi connectivity index (χ3n) is 2.68. The molecule has 2 N–H and O–H groups in total. The van der Waals surface area contributed by atoms with Crippen LogP contribution in [0.2, 0.25) is 0 Å². The highest BCUT2D eigenvalue weighted by Gasteiger charge is 2.04. The van der Waals surface area contributed by atoms with Crippen LogP contribution in [0.4, 0.5) is 4.39 Å². The fraction of sp³-hybridized carbons (Fsp3) is 0.385. The predicted octanol–water partition coefficient (Wildman–Crippen LogP) is 2.85. The van der Waals surface area contributed by atoms with Gasteiger partial charge in [-0.2, -0.15) is 0 Å². The molecule has 0 amide bonds. The number of benzene rings is 1. The first kappa shape index (κ1) is 11.1. The molecule has 3 heteroatoms. The van der Waals surface area contributed by atoms with Gasteiger partial charge in [-0.15, -0.1) is 0 Å². The van der Waals surface area contributed by atoms with Crippen LogP contribution in [0, 0.1) is 5.82 Å². The molecule has 86 valence electrons. The molecule has 1 aromatic carbocycles. The lowest BCUT2D eigenvalue weighted by Crippen LogP contribution is -2.24. The number of fused-ring (bicyclic) bond motifs is 1. The molecule has 2 aromatic rings. The molecule has 0 spiro atoms. The van der Waals surface area contributed by atoms with Crippen LogP contribution in [0.25, 0.3) is 10.9 Å². The van der Waals surface area contributed by atoms with E-state index >= 15 is 0 Å². The van der Waals surface area contributed by atoms with E-state index in [1.54, 1.807) is 0 Å². The fourth-order valence-corrected chi connectivity index (χ4v) is 1.86. The number of nitrogens with one attached hydrogen (secondary N) is 2. The van der Waals surface area contributed by atoms with E-state index in [0.29, 0.717) is 6.04 Å². The molecular formula is C13H17FN2. The van der Waals surface area contributed by atoms with Crippen molar-refractivity contribution in [1.29, 1.82) is 0 Å². The van der Waals surface area contributed by atoms with Gasteiger partial charge in [-0.3, -0.25) is 0 Å². The molecule has 2 nitrogen and oxygen atoms in total. The van der Waals surface area contributed by atoms with Crippen LogP contribution < -0.4 is 5.32 Å². The monoisotopic (exact) mass is 220 g/mol. The summed E-state index contributed by atoms with van der Waals surface area (Å²) in [6.45, 7) is 5.21. The Hall–Kier alpha value is -1.35. The second-order valence-electron chi connectivity index (χ2n) is 4.36. The molecule has 0 aliphatic rings. The van der Waals surface area contributed by atoms with Crippen LogP contribution in [0.15, 0.2) is 24.4 Å². The van der Waals surface area contributed by atoms with Crippen molar-refractivity contribution in [2.75, 3.05) is 6.54 Å². The average molecular weight is 220 g/mol. The molecule has 0 fully saturated rings. The zero-order valence-corrected chi connectivity index (χ0v) is 9.68. The van der Waals surface area contributed by atoms with Gasteiger partial charge in [0.05, 0.1) is 0 Å². The minimum atomic E-state index is -0.193. The van der Waals surface area contributed by atoms with Crippen molar-refractivity contribution in [2.45, 2.75) is 26.3 Å². The minimum Gasteiger partial charge on any atom is -0.361 e. The Labute approximate surface area is 94.9 Å². The minimum absolute atomic E-state index is 0.193. The lowest BCUT2D eigenvalue weighted by Gasteiger charge is -2.06. The Morgan fingerprint density at radius 2 is 2.19 bits per heavy atom. The quantitative estimate of drug-likeness (QED) is 0.814. The Balaban J connectivity index is 2.13. The molecule has 0 bridgehead atoms. The van der Waals surface area contributed by atoms with Gasteiger partial charge in [-0.25, -0.2) is 4.39 Å². The summed E-state index contributed by atoms with van der Waals surface area (Å²) >= 11 is 0. The van der Waals surface area contributed by atoms with Gasteiger partial charge in [0.1, 0.15) is 5.82 Å². The molecule has 1 aromatic heterocycles. The lowest BCUT2D eigenvalue weighted by molar-refractivity contribution is 0.591. The van der Waals surface area contributed by atoms with Gasteiger partial charge >= 0.3 is 0 Å². The Kier molecular flexibility index (Phi) is 3.25. The highest BCUT2D eigenvalue weighted by Crippen LogP contribution is 2.19. The molecule has 1 heterocycles. The first-order valence-electron chi connectivity index (χ1n) is 5.65. The van der Waals surface area contributed by atoms with Gasteiger partial charge in [0.15, 0.2) is 0 Å². The SMILES string of the molecule is CC(C)NCCc1c[nH]c2cc(F)ccc12. The maximum Gasteiger partial charge on any atom is 0.125 e. The topological polar surface area (TPSA) is 27.8 Å². The number of H-pyrrole nitrogens is 1. The van der Waals surface area contributed by atoms with E-state index in [0.717, 1.165) is 23.9 Å². The van der Waals surface area contributed by atoms with Gasteiger partial charge < -0.3 is 10.3 Å². The maximum atomic E-state index is 13.0. The summed E-state index contributed by atoms with van der Waals surface area (Å²) in [5.41, 5.74) is 2.11. The van der Waals surface area contributed by atoms with Gasteiger partial charge in [-0.1, -0.05) is 13.8 Å². The largest absolute Gasteiger partial charge is 0.361 e. The number of aromatic amines is 1. The van der Waals surface area contributed by atoms with E-state index in [1.807, 2.05) is 12.3 Å². The molecular weight excluding hydrogens is 203 g/mol. The van der Waals surface area contributed by atoms with Crippen LogP contribution in [0.5, 0.6) is 0 Å². The van der Waals surface area contributed by atoms with Crippen molar-refractivity contribution in [3.05, 3.63) is 35.8 Å². The molecule has 2 rings (SSSR count). The van der Waals surface area contributed by atoms with E-state index in [2.05, 4.69) is 24.1 Å². The third kappa shape index (κ3) is 2.42. The molecule has 0 aliphatic carbocycles. The van der Waals surface area contributed by atoms with Crippen molar-refractivity contribution in [2.24, 2.45) is 0 Å². The number of rotatable bonds is 4. The summed E-state index contributed by atoms with van der Waals surface area (Å²) in [5.74, 6) is -0.193. The molecule has 0 saturated carbocycles. The number of aromatic nitrogens is 1. The number of halogens is 1. The van der Waals surface area contributed by atoms with Gasteiger partial charge in [-0.05, 0) is 36.7 Å². The number of hydrogen-bond acceptors (Lipinski definition) is 1. The van der Waals surface area contributed by atoms with Gasteiger partial charge in [0.2, 0.25) is 0 Å². The van der Waals surface area contributed by atoms with Crippen molar-refractivity contribution in [1.82, 2.24) is 10.3 Å². The van der Waals surface area contributed by atoms with Crippen LogP contribution in [-0.4, -0.2) is 17.6 Å². The summed E-state index contributed by atoms with van der Waals surface area (Å²) in [6.07, 6.45) is 2.93. The normalized spacial score (nSPS) is 11.5. The molecule has 16 heavy (non-hydrogen) atoms. The van der Waals surface area contributed by atoms with Crippen LogP contribution in [-0.2, 0) is 6.42 Å². The second-order valence-corrected chi connectivity index (χ2v) is 4.36. The van der Waals surface area contributed by atoms with Crippen molar-refractivity contribution in [3.8, 4) is 0 Å². The van der Waals surface area contributed by atoms with E-state index in [9.17, 15) is 4.39 Å². The van der Waals surface area contributed by atoms with Crippen LogP contribution in [0.3, 0.4) is 0 Å². The second kappa shape index (κ2) is 4.66. The highest BCUT2D eigenvalue weighted by atomic mass is 19.1. The summed E-state index contributed by atoms with van der Waals surface area (Å²) in [6, 6.07) is 5.39. The van der Waals surface area contributed by atoms with E-state index in [-0.39, 0.29) is 5.82 Å². The summed E-state index contributed by atoms with van der Waals surface area (Å²) in [5, 5.41) is 4.49. The van der Waals surface area contributed by atoms with Crippen molar-refractivity contribution < 1.29 is 4.39 Å². The molecule has 0 aliphatic heterocycles. The summed E-state index contributed by atoms with van der Waals surface area (Å²) in [7, 11) is 0. The van der Waals surface area contributed by atoms with Crippen molar-refractivity contribution >= 4 is 10.9 Å². The fourth-order valence-electron chi connectivity index (χ4n) is 1.86. The predicted molar refractivity (Wildman–Crippen MR) is 65.1 cm³/mol. The van der Waals surface area contributed by atoms with Crippen LogP contribution in [0.1, 0.15) is 19.4 Å². The van der Waals surface area contributed by atoms with E-state index < -0.39 is 0 Å². The molecule has 0 unspecified atom stereocenters. The third-order valence-corrected chi connectivity index (χ3v) is 2.68. The Bertz CT molecular complexity index is 474. The molecule has 0 atom stereocenters. The lowest BCUT2D eigenvalue weighted by atomic mass is 10.1. The van der Waals surface area contributed by atoms with E-state index in [4.69, 9.17) is 0 Å². The first-order valence-corrected chi connectivity index (χ1v) is 5.65. The first-order chi connectivity index (χ1) is 7.66. The van der Waals surface area contributed by atoms with Crippen molar-refractivity contribution in [3.63, 3.8) is 0 Å². The molecule has 0 saturated heterocycles. The zero-order chi connectivity index (χ0) is 11.5. The standard InChI is InChI=1S/C13H17FN2/c1-9(2)15-6-5-10-8-16-13-7-11(14)3-4-12(10)13/h3-4,7-9,15-16H,5-6H2,1-2H3.